The molecular weight excluding hydrogens is 256 g/mol. The zero-order chi connectivity index (χ0) is 10.7. The molecule has 1 aromatic carbocycles. The van der Waals surface area contributed by atoms with Gasteiger partial charge >= 0.3 is 0 Å². The second kappa shape index (κ2) is 5.10. The summed E-state index contributed by atoms with van der Waals surface area (Å²) in [7, 11) is 0. The summed E-state index contributed by atoms with van der Waals surface area (Å²) < 4.78 is 5.69. The van der Waals surface area contributed by atoms with Crippen LogP contribution in [0.1, 0.15) is 18.4 Å². The van der Waals surface area contributed by atoms with Crippen molar-refractivity contribution in [3.05, 3.63) is 35.9 Å². The second-order valence-electron chi connectivity index (χ2n) is 3.92. The van der Waals surface area contributed by atoms with Gasteiger partial charge in [0.05, 0.1) is 18.8 Å². The average molecular weight is 271 g/mol. The van der Waals surface area contributed by atoms with Crippen molar-refractivity contribution in [3.63, 3.8) is 0 Å². The number of benzene rings is 1. The SMILES string of the molecule is O[C@H]1[C@H](Br)CC[C@H]1OCc1ccccc1. The number of rotatable bonds is 3. The first-order valence-electron chi connectivity index (χ1n) is 5.25. The fourth-order valence-corrected chi connectivity index (χ4v) is 2.46. The van der Waals surface area contributed by atoms with E-state index in [4.69, 9.17) is 4.74 Å². The van der Waals surface area contributed by atoms with E-state index in [0.717, 1.165) is 18.4 Å². The first-order valence-corrected chi connectivity index (χ1v) is 6.16. The molecule has 2 nitrogen and oxygen atoms in total. The molecule has 1 aromatic rings. The lowest BCUT2D eigenvalue weighted by atomic mass is 10.2. The highest BCUT2D eigenvalue weighted by Gasteiger charge is 2.33. The van der Waals surface area contributed by atoms with Gasteiger partial charge in [0, 0.05) is 4.83 Å². The molecule has 0 spiro atoms. The fourth-order valence-electron chi connectivity index (χ4n) is 1.86. The third-order valence-electron chi connectivity index (χ3n) is 2.79. The normalized spacial score (nSPS) is 30.7. The first kappa shape index (κ1) is 11.1. The molecule has 3 heteroatoms. The Hall–Kier alpha value is -0.380. The van der Waals surface area contributed by atoms with E-state index in [1.807, 2.05) is 30.3 Å². The predicted octanol–water partition coefficient (Wildman–Crippen LogP) is 2.49. The van der Waals surface area contributed by atoms with E-state index in [9.17, 15) is 5.11 Å². The molecule has 1 N–H and O–H groups in total. The highest BCUT2D eigenvalue weighted by molar-refractivity contribution is 9.09. The highest BCUT2D eigenvalue weighted by atomic mass is 79.9. The lowest BCUT2D eigenvalue weighted by Crippen LogP contribution is -2.27. The number of alkyl halides is 1. The van der Waals surface area contributed by atoms with E-state index in [-0.39, 0.29) is 17.0 Å². The van der Waals surface area contributed by atoms with E-state index in [0.29, 0.717) is 6.61 Å². The van der Waals surface area contributed by atoms with Gasteiger partial charge in [-0.2, -0.15) is 0 Å². The summed E-state index contributed by atoms with van der Waals surface area (Å²) in [6.07, 6.45) is 1.54. The van der Waals surface area contributed by atoms with Gasteiger partial charge in [0.15, 0.2) is 0 Å². The Morgan fingerprint density at radius 1 is 1.27 bits per heavy atom. The molecule has 0 saturated heterocycles. The van der Waals surface area contributed by atoms with Crippen molar-refractivity contribution in [1.82, 2.24) is 0 Å². The fraction of sp³-hybridized carbons (Fsp3) is 0.500. The summed E-state index contributed by atoms with van der Waals surface area (Å²) in [5, 5.41) is 9.76. The molecule has 1 aliphatic carbocycles. The van der Waals surface area contributed by atoms with E-state index in [2.05, 4.69) is 15.9 Å². The summed E-state index contributed by atoms with van der Waals surface area (Å²) in [5.41, 5.74) is 1.16. The average Bonchev–Trinajstić information content (AvgIpc) is 2.59. The molecule has 1 saturated carbocycles. The van der Waals surface area contributed by atoms with Crippen LogP contribution in [0.25, 0.3) is 0 Å². The summed E-state index contributed by atoms with van der Waals surface area (Å²) in [5.74, 6) is 0. The molecule has 0 bridgehead atoms. The van der Waals surface area contributed by atoms with Gasteiger partial charge in [-0.05, 0) is 18.4 Å². The van der Waals surface area contributed by atoms with Gasteiger partial charge in [-0.25, -0.2) is 0 Å². The third-order valence-corrected chi connectivity index (χ3v) is 3.78. The standard InChI is InChI=1S/C12H15BrO2/c13-10-6-7-11(12(10)14)15-8-9-4-2-1-3-5-9/h1-5,10-12,14H,6-8H2/t10-,11-,12+/m1/s1. The van der Waals surface area contributed by atoms with Gasteiger partial charge in [0.25, 0.3) is 0 Å². The summed E-state index contributed by atoms with van der Waals surface area (Å²) in [6.45, 7) is 0.586. The van der Waals surface area contributed by atoms with E-state index >= 15 is 0 Å². The monoisotopic (exact) mass is 270 g/mol. The van der Waals surface area contributed by atoms with Gasteiger partial charge < -0.3 is 9.84 Å². The zero-order valence-electron chi connectivity index (χ0n) is 8.47. The molecule has 3 atom stereocenters. The van der Waals surface area contributed by atoms with Crippen LogP contribution in [0.15, 0.2) is 30.3 Å². The minimum atomic E-state index is -0.367. The molecule has 0 unspecified atom stereocenters. The molecule has 0 aliphatic heterocycles. The molecule has 0 aromatic heterocycles. The maximum atomic E-state index is 9.76. The zero-order valence-corrected chi connectivity index (χ0v) is 10.1. The van der Waals surface area contributed by atoms with E-state index in [1.165, 1.54) is 0 Å². The van der Waals surface area contributed by atoms with Crippen LogP contribution >= 0.6 is 15.9 Å². The number of ether oxygens (including phenoxy) is 1. The molecule has 15 heavy (non-hydrogen) atoms. The maximum Gasteiger partial charge on any atom is 0.0926 e. The third kappa shape index (κ3) is 2.80. The molecule has 2 rings (SSSR count). The molecule has 0 radical (unpaired) electrons. The summed E-state index contributed by atoms with van der Waals surface area (Å²) >= 11 is 3.44. The Labute approximate surface area is 98.4 Å². The minimum absolute atomic E-state index is 0.0189. The number of aliphatic hydroxyl groups excluding tert-OH is 1. The van der Waals surface area contributed by atoms with Gasteiger partial charge in [-0.15, -0.1) is 0 Å². The van der Waals surface area contributed by atoms with Gasteiger partial charge in [0.2, 0.25) is 0 Å². The molecule has 0 heterocycles. The van der Waals surface area contributed by atoms with Crippen LogP contribution in [0.3, 0.4) is 0 Å². The number of aliphatic hydroxyl groups is 1. The van der Waals surface area contributed by atoms with Crippen molar-refractivity contribution < 1.29 is 9.84 Å². The molecule has 1 fully saturated rings. The predicted molar refractivity (Wildman–Crippen MR) is 63.0 cm³/mol. The number of hydrogen-bond donors (Lipinski definition) is 1. The highest BCUT2D eigenvalue weighted by Crippen LogP contribution is 2.28. The molecule has 0 amide bonds. The van der Waals surface area contributed by atoms with Crippen molar-refractivity contribution in [2.45, 2.75) is 36.5 Å². The van der Waals surface area contributed by atoms with Crippen LogP contribution in [-0.2, 0) is 11.3 Å². The largest absolute Gasteiger partial charge is 0.389 e. The summed E-state index contributed by atoms with van der Waals surface area (Å²) in [6, 6.07) is 10.1. The van der Waals surface area contributed by atoms with E-state index < -0.39 is 0 Å². The Balaban J connectivity index is 1.84. The van der Waals surface area contributed by atoms with Crippen molar-refractivity contribution in [1.29, 1.82) is 0 Å². The van der Waals surface area contributed by atoms with Crippen LogP contribution < -0.4 is 0 Å². The van der Waals surface area contributed by atoms with Crippen LogP contribution in [0, 0.1) is 0 Å². The lowest BCUT2D eigenvalue weighted by molar-refractivity contribution is -0.0254. The minimum Gasteiger partial charge on any atom is -0.389 e. The number of halogens is 1. The molecular formula is C12H15BrO2. The van der Waals surface area contributed by atoms with Gasteiger partial charge in [-0.1, -0.05) is 46.3 Å². The van der Waals surface area contributed by atoms with E-state index in [1.54, 1.807) is 0 Å². The van der Waals surface area contributed by atoms with Gasteiger partial charge in [0.1, 0.15) is 0 Å². The molecule has 82 valence electrons. The second-order valence-corrected chi connectivity index (χ2v) is 5.10. The maximum absolute atomic E-state index is 9.76. The molecule has 1 aliphatic rings. The van der Waals surface area contributed by atoms with Crippen LogP contribution in [0.5, 0.6) is 0 Å². The van der Waals surface area contributed by atoms with Crippen molar-refractivity contribution >= 4 is 15.9 Å². The Bertz CT molecular complexity index is 302. The topological polar surface area (TPSA) is 29.5 Å². The first-order chi connectivity index (χ1) is 7.27. The lowest BCUT2D eigenvalue weighted by Gasteiger charge is -2.17. The van der Waals surface area contributed by atoms with Crippen molar-refractivity contribution in [2.24, 2.45) is 0 Å². The number of hydrogen-bond acceptors (Lipinski definition) is 2. The Morgan fingerprint density at radius 2 is 2.00 bits per heavy atom. The van der Waals surface area contributed by atoms with Crippen LogP contribution in [0.4, 0.5) is 0 Å². The van der Waals surface area contributed by atoms with Crippen molar-refractivity contribution in [2.75, 3.05) is 0 Å². The Morgan fingerprint density at radius 3 is 2.60 bits per heavy atom. The smallest absolute Gasteiger partial charge is 0.0926 e. The summed E-state index contributed by atoms with van der Waals surface area (Å²) in [4.78, 5) is 0.193. The van der Waals surface area contributed by atoms with Crippen molar-refractivity contribution in [3.8, 4) is 0 Å². The Kier molecular flexibility index (Phi) is 3.78. The quantitative estimate of drug-likeness (QED) is 0.856. The van der Waals surface area contributed by atoms with Crippen LogP contribution in [0.2, 0.25) is 0 Å². The van der Waals surface area contributed by atoms with Gasteiger partial charge in [-0.3, -0.25) is 0 Å². The van der Waals surface area contributed by atoms with Crippen LogP contribution in [-0.4, -0.2) is 22.1 Å².